The maximum atomic E-state index is 5.14. The number of benzene rings is 1. The van der Waals surface area contributed by atoms with Crippen molar-refractivity contribution in [2.24, 2.45) is 0 Å². The highest BCUT2D eigenvalue weighted by Crippen LogP contribution is 2.02. The van der Waals surface area contributed by atoms with E-state index in [2.05, 4.69) is 52.4 Å². The summed E-state index contributed by atoms with van der Waals surface area (Å²) in [5, 5.41) is 3.34. The molecule has 0 bridgehead atoms. The molecule has 0 aliphatic carbocycles. The van der Waals surface area contributed by atoms with Crippen LogP contribution in [0.25, 0.3) is 6.08 Å². The molecule has 3 nitrogen and oxygen atoms in total. The lowest BCUT2D eigenvalue weighted by molar-refractivity contribution is 0.417. The number of rotatable bonds is 1. The van der Waals surface area contributed by atoms with Gasteiger partial charge in [-0.05, 0) is 29.2 Å². The molecule has 0 saturated heterocycles. The van der Waals surface area contributed by atoms with Crippen LogP contribution >= 0.6 is 11.6 Å². The third-order valence-corrected chi connectivity index (χ3v) is 1.81. The molecule has 4 heteroatoms. The second-order valence-corrected chi connectivity index (χ2v) is 3.15. The molecule has 0 N–H and O–H groups in total. The summed E-state index contributed by atoms with van der Waals surface area (Å²) in [5.74, 6) is 0. The Labute approximate surface area is 93.4 Å². The van der Waals surface area contributed by atoms with Crippen LogP contribution in [0.4, 0.5) is 0 Å². The van der Waals surface area contributed by atoms with Crippen molar-refractivity contribution in [2.45, 2.75) is 6.92 Å². The second-order valence-electron chi connectivity index (χ2n) is 2.82. The molecular weight excluding hydrogens is 212 g/mol. The molecule has 78 valence electrons. The van der Waals surface area contributed by atoms with E-state index in [4.69, 9.17) is 11.6 Å². The van der Waals surface area contributed by atoms with Crippen LogP contribution in [0.15, 0.2) is 41.8 Å². The lowest BCUT2D eigenvalue weighted by atomic mass is 10.2. The highest BCUT2D eigenvalue weighted by atomic mass is 35.5. The number of halogens is 1. The Bertz CT molecular complexity index is 395. The Kier molecular flexibility index (Phi) is 4.57. The highest BCUT2D eigenvalue weighted by molar-refractivity contribution is 6.28. The molecule has 0 amide bonds. The maximum absolute atomic E-state index is 5.14. The number of aryl methyl sites for hydroxylation is 1. The van der Waals surface area contributed by atoms with Crippen LogP contribution in [0.2, 0.25) is 5.28 Å². The molecule has 0 fully saturated rings. The van der Waals surface area contributed by atoms with Crippen molar-refractivity contribution in [3.8, 4) is 0 Å². The largest absolute Gasteiger partial charge is 0.341 e. The smallest absolute Gasteiger partial charge is 0.263 e. The van der Waals surface area contributed by atoms with Gasteiger partial charge >= 0.3 is 0 Å². The van der Waals surface area contributed by atoms with Gasteiger partial charge in [0.1, 0.15) is 0 Å². The standard InChI is InChI=1S/C9H10.C2HClN2O/c1-3-9-6-4-8(2)5-7-9;3-2-4-1-6-5-2/h3-7H,1H2,2H3;1H. The van der Waals surface area contributed by atoms with Crippen LogP contribution in [-0.2, 0) is 0 Å². The Morgan fingerprint density at radius 3 is 2.33 bits per heavy atom. The van der Waals surface area contributed by atoms with E-state index < -0.39 is 0 Å². The topological polar surface area (TPSA) is 38.9 Å². The van der Waals surface area contributed by atoms with Crippen molar-refractivity contribution in [1.29, 1.82) is 0 Å². The summed E-state index contributed by atoms with van der Waals surface area (Å²) in [7, 11) is 0. The average Bonchev–Trinajstić information content (AvgIpc) is 2.71. The molecule has 0 radical (unpaired) electrons. The van der Waals surface area contributed by atoms with Gasteiger partial charge in [0.2, 0.25) is 6.39 Å². The summed E-state index contributed by atoms with van der Waals surface area (Å²) >= 11 is 5.14. The van der Waals surface area contributed by atoms with Gasteiger partial charge in [-0.2, -0.15) is 4.98 Å². The van der Waals surface area contributed by atoms with E-state index in [-0.39, 0.29) is 5.28 Å². The summed E-state index contributed by atoms with van der Waals surface area (Å²) < 4.78 is 4.22. The van der Waals surface area contributed by atoms with Crippen molar-refractivity contribution < 1.29 is 4.52 Å². The monoisotopic (exact) mass is 222 g/mol. The van der Waals surface area contributed by atoms with Gasteiger partial charge in [-0.25, -0.2) is 0 Å². The van der Waals surface area contributed by atoms with Crippen molar-refractivity contribution in [2.75, 3.05) is 0 Å². The minimum absolute atomic E-state index is 0.148. The van der Waals surface area contributed by atoms with Crippen LogP contribution in [0.1, 0.15) is 11.1 Å². The van der Waals surface area contributed by atoms with Crippen LogP contribution in [0.5, 0.6) is 0 Å². The van der Waals surface area contributed by atoms with Crippen LogP contribution in [0.3, 0.4) is 0 Å². The number of aromatic nitrogens is 2. The Morgan fingerprint density at radius 2 is 2.00 bits per heavy atom. The van der Waals surface area contributed by atoms with E-state index >= 15 is 0 Å². The summed E-state index contributed by atoms with van der Waals surface area (Å²) in [4.78, 5) is 3.40. The predicted molar refractivity (Wildman–Crippen MR) is 60.6 cm³/mol. The number of hydrogen-bond acceptors (Lipinski definition) is 3. The first-order chi connectivity index (χ1) is 7.22. The molecule has 1 aromatic carbocycles. The zero-order valence-corrected chi connectivity index (χ0v) is 9.11. The zero-order chi connectivity index (χ0) is 11.1. The highest BCUT2D eigenvalue weighted by Gasteiger charge is 1.83. The molecule has 1 aromatic heterocycles. The third kappa shape index (κ3) is 4.42. The van der Waals surface area contributed by atoms with E-state index in [1.54, 1.807) is 0 Å². The van der Waals surface area contributed by atoms with Gasteiger partial charge in [0, 0.05) is 0 Å². The van der Waals surface area contributed by atoms with Crippen LogP contribution in [0, 0.1) is 6.92 Å². The molecule has 0 aliphatic heterocycles. The van der Waals surface area contributed by atoms with E-state index in [1.165, 1.54) is 17.5 Å². The summed E-state index contributed by atoms with van der Waals surface area (Å²) in [6.07, 6.45) is 3.02. The molecule has 1 heterocycles. The van der Waals surface area contributed by atoms with Gasteiger partial charge in [-0.1, -0.05) is 42.5 Å². The molecule has 0 saturated carbocycles. The normalized spacial score (nSPS) is 8.93. The summed E-state index contributed by atoms with van der Waals surface area (Å²) in [6, 6.07) is 8.28. The summed E-state index contributed by atoms with van der Waals surface area (Å²) in [6.45, 7) is 5.74. The predicted octanol–water partition coefficient (Wildman–Crippen LogP) is 3.36. The maximum Gasteiger partial charge on any atom is 0.263 e. The first kappa shape index (κ1) is 11.5. The van der Waals surface area contributed by atoms with Crippen molar-refractivity contribution in [3.05, 3.63) is 53.6 Å². The Hall–Kier alpha value is -1.61. The van der Waals surface area contributed by atoms with Gasteiger partial charge < -0.3 is 4.52 Å². The van der Waals surface area contributed by atoms with E-state index in [0.717, 1.165) is 0 Å². The third-order valence-electron chi connectivity index (χ3n) is 1.65. The van der Waals surface area contributed by atoms with Gasteiger partial charge in [0.05, 0.1) is 0 Å². The lowest BCUT2D eigenvalue weighted by Crippen LogP contribution is -1.71. The molecular formula is C11H11ClN2O. The van der Waals surface area contributed by atoms with Crippen molar-refractivity contribution in [1.82, 2.24) is 10.1 Å². The molecule has 15 heavy (non-hydrogen) atoms. The van der Waals surface area contributed by atoms with E-state index in [1.807, 2.05) is 6.08 Å². The van der Waals surface area contributed by atoms with Gasteiger partial charge in [-0.15, -0.1) is 0 Å². The van der Waals surface area contributed by atoms with E-state index in [0.29, 0.717) is 0 Å². The minimum Gasteiger partial charge on any atom is -0.341 e. The van der Waals surface area contributed by atoms with Crippen molar-refractivity contribution in [3.63, 3.8) is 0 Å². The fourth-order valence-electron chi connectivity index (χ4n) is 0.860. The molecule has 2 rings (SSSR count). The van der Waals surface area contributed by atoms with Gasteiger partial charge in [0.25, 0.3) is 5.28 Å². The van der Waals surface area contributed by atoms with E-state index in [9.17, 15) is 0 Å². The minimum atomic E-state index is 0.148. The van der Waals surface area contributed by atoms with Crippen LogP contribution < -0.4 is 0 Å². The molecule has 2 aromatic rings. The SMILES string of the molecule is C=Cc1ccc(C)cc1.Clc1ncon1. The summed E-state index contributed by atoms with van der Waals surface area (Å²) in [5.41, 5.74) is 2.47. The average molecular weight is 223 g/mol. The first-order valence-electron chi connectivity index (χ1n) is 4.33. The molecule has 0 unspecified atom stereocenters. The quantitative estimate of drug-likeness (QED) is 0.743. The lowest BCUT2D eigenvalue weighted by Gasteiger charge is -1.91. The van der Waals surface area contributed by atoms with Gasteiger partial charge in [0.15, 0.2) is 0 Å². The first-order valence-corrected chi connectivity index (χ1v) is 4.71. The second kappa shape index (κ2) is 5.98. The Morgan fingerprint density at radius 1 is 1.33 bits per heavy atom. The fourth-order valence-corrected chi connectivity index (χ4v) is 0.940. The molecule has 0 spiro atoms. The molecule has 0 atom stereocenters. The number of nitrogens with zero attached hydrogens (tertiary/aromatic N) is 2. The van der Waals surface area contributed by atoms with Crippen molar-refractivity contribution >= 4 is 17.7 Å². The van der Waals surface area contributed by atoms with Crippen LogP contribution in [-0.4, -0.2) is 10.1 Å². The Balaban J connectivity index is 0.000000162. The fraction of sp³-hybridized carbons (Fsp3) is 0.0909. The zero-order valence-electron chi connectivity index (χ0n) is 8.35. The number of hydrogen-bond donors (Lipinski definition) is 0. The molecule has 0 aliphatic rings. The van der Waals surface area contributed by atoms with Gasteiger partial charge in [-0.3, -0.25) is 0 Å².